The molecule has 0 heterocycles. The summed E-state index contributed by atoms with van der Waals surface area (Å²) in [5.74, 6) is 0. The van der Waals surface area contributed by atoms with Gasteiger partial charge in [-0.15, -0.1) is 12.6 Å². The molecule has 0 aromatic heterocycles. The number of unbranched alkanes of at least 4 members (excludes halogenated alkanes) is 1. The first kappa shape index (κ1) is 11.6. The fourth-order valence-electron chi connectivity index (χ4n) is 0.908. The second-order valence-corrected chi connectivity index (χ2v) is 3.25. The molecule has 0 spiro atoms. The van der Waals surface area contributed by atoms with Crippen LogP contribution < -0.4 is 5.73 Å². The number of hydrogen-bond donors (Lipinski definition) is 2. The fraction of sp³-hybridized carbons (Fsp3) is 0.667. The molecular weight excluding hydrogens is 168 g/mol. The molecule has 0 amide bonds. The van der Waals surface area contributed by atoms with Gasteiger partial charge in [-0.3, -0.25) is 4.99 Å². The summed E-state index contributed by atoms with van der Waals surface area (Å²) in [6, 6.07) is 0. The van der Waals surface area contributed by atoms with Gasteiger partial charge in [-0.05, 0) is 19.8 Å². The van der Waals surface area contributed by atoms with Gasteiger partial charge in [0.05, 0.1) is 0 Å². The summed E-state index contributed by atoms with van der Waals surface area (Å²) in [6.45, 7) is 4.00. The van der Waals surface area contributed by atoms with Gasteiger partial charge in [-0.1, -0.05) is 13.3 Å². The van der Waals surface area contributed by atoms with Crippen LogP contribution in [0.25, 0.3) is 0 Å². The monoisotopic (exact) mass is 186 g/mol. The summed E-state index contributed by atoms with van der Waals surface area (Å²) in [4.78, 5) is 4.99. The normalized spacial score (nSPS) is 14.5. The van der Waals surface area contributed by atoms with Crippen LogP contribution >= 0.6 is 12.6 Å². The Hall–Kier alpha value is -0.440. The van der Waals surface area contributed by atoms with Crippen LogP contribution in [-0.4, -0.2) is 12.8 Å². The Balaban J connectivity index is 4.28. The Morgan fingerprint density at radius 1 is 1.50 bits per heavy atom. The molecule has 0 aromatic rings. The Bertz CT molecular complexity index is 191. The minimum Gasteiger partial charge on any atom is -0.401 e. The minimum absolute atomic E-state index is 0.745. The van der Waals surface area contributed by atoms with E-state index < -0.39 is 0 Å². The van der Waals surface area contributed by atoms with Crippen molar-refractivity contribution in [3.8, 4) is 0 Å². The molecule has 2 nitrogen and oxygen atoms in total. The largest absolute Gasteiger partial charge is 0.401 e. The van der Waals surface area contributed by atoms with E-state index in [-0.39, 0.29) is 0 Å². The van der Waals surface area contributed by atoms with Crippen molar-refractivity contribution in [3.63, 3.8) is 0 Å². The van der Waals surface area contributed by atoms with Crippen LogP contribution in [0, 0.1) is 0 Å². The summed E-state index contributed by atoms with van der Waals surface area (Å²) in [6.07, 6.45) is 3.29. The number of allylic oxidation sites excluding steroid dienone is 2. The van der Waals surface area contributed by atoms with Crippen LogP contribution in [-0.2, 0) is 0 Å². The molecular formula is C9H18N2S. The molecule has 0 aliphatic rings. The summed E-state index contributed by atoms with van der Waals surface area (Å²) >= 11 is 4.30. The van der Waals surface area contributed by atoms with Gasteiger partial charge in [0.2, 0.25) is 0 Å². The first-order chi connectivity index (χ1) is 5.63. The fourth-order valence-corrected chi connectivity index (χ4v) is 1.12. The van der Waals surface area contributed by atoms with Crippen LogP contribution in [0.3, 0.4) is 0 Å². The zero-order valence-electron chi connectivity index (χ0n) is 8.09. The van der Waals surface area contributed by atoms with E-state index in [0.29, 0.717) is 0 Å². The Kier molecular flexibility index (Phi) is 5.89. The highest BCUT2D eigenvalue weighted by molar-refractivity contribution is 7.85. The van der Waals surface area contributed by atoms with Crippen molar-refractivity contribution >= 4 is 18.3 Å². The van der Waals surface area contributed by atoms with Crippen molar-refractivity contribution < 1.29 is 0 Å². The molecule has 0 atom stereocenters. The summed E-state index contributed by atoms with van der Waals surface area (Å²) in [5.41, 5.74) is 7.37. The lowest BCUT2D eigenvalue weighted by molar-refractivity contribution is 0.835. The van der Waals surface area contributed by atoms with Crippen molar-refractivity contribution in [2.75, 3.05) is 7.05 Å². The molecule has 70 valence electrons. The van der Waals surface area contributed by atoms with E-state index in [1.807, 2.05) is 6.92 Å². The van der Waals surface area contributed by atoms with Gasteiger partial charge < -0.3 is 5.73 Å². The third-order valence-electron chi connectivity index (χ3n) is 1.68. The molecule has 0 radical (unpaired) electrons. The van der Waals surface area contributed by atoms with Crippen molar-refractivity contribution in [3.05, 3.63) is 10.6 Å². The maximum atomic E-state index is 5.61. The van der Waals surface area contributed by atoms with Gasteiger partial charge in [-0.25, -0.2) is 0 Å². The van der Waals surface area contributed by atoms with Gasteiger partial charge in [0.1, 0.15) is 0 Å². The van der Waals surface area contributed by atoms with Gasteiger partial charge in [0.25, 0.3) is 0 Å². The van der Waals surface area contributed by atoms with Crippen molar-refractivity contribution in [2.45, 2.75) is 33.1 Å². The Labute approximate surface area is 80.4 Å². The maximum Gasteiger partial charge on any atom is 0.0495 e. The van der Waals surface area contributed by atoms with Gasteiger partial charge in [-0.2, -0.15) is 0 Å². The number of nitrogens with zero attached hydrogens (tertiary/aromatic N) is 1. The second kappa shape index (κ2) is 6.12. The van der Waals surface area contributed by atoms with Gasteiger partial charge in [0.15, 0.2) is 0 Å². The predicted octanol–water partition coefficient (Wildman–Crippen LogP) is 2.37. The number of rotatable bonds is 4. The molecule has 0 saturated heterocycles. The molecule has 12 heavy (non-hydrogen) atoms. The van der Waals surface area contributed by atoms with Crippen molar-refractivity contribution in [2.24, 2.45) is 10.7 Å². The van der Waals surface area contributed by atoms with Gasteiger partial charge >= 0.3 is 0 Å². The van der Waals surface area contributed by atoms with Crippen LogP contribution in [0.2, 0.25) is 0 Å². The van der Waals surface area contributed by atoms with E-state index in [1.165, 1.54) is 6.42 Å². The molecule has 0 rings (SSSR count). The zero-order chi connectivity index (χ0) is 9.56. The lowest BCUT2D eigenvalue weighted by Crippen LogP contribution is -2.05. The number of hydrogen-bond acceptors (Lipinski definition) is 3. The van der Waals surface area contributed by atoms with Gasteiger partial charge in [0, 0.05) is 23.4 Å². The molecule has 0 aromatic carbocycles. The van der Waals surface area contributed by atoms with E-state index >= 15 is 0 Å². The highest BCUT2D eigenvalue weighted by Crippen LogP contribution is 2.12. The lowest BCUT2D eigenvalue weighted by atomic mass is 10.1. The third kappa shape index (κ3) is 3.81. The smallest absolute Gasteiger partial charge is 0.0495 e. The van der Waals surface area contributed by atoms with Crippen LogP contribution in [0.5, 0.6) is 0 Å². The molecule has 0 saturated carbocycles. The molecule has 0 aliphatic heterocycles. The molecule has 0 fully saturated rings. The SMILES string of the molecule is CCCCC(=NC)C(S)=C(C)N. The topological polar surface area (TPSA) is 38.4 Å². The summed E-state index contributed by atoms with van der Waals surface area (Å²) < 4.78 is 0. The number of thiol groups is 1. The summed E-state index contributed by atoms with van der Waals surface area (Å²) in [7, 11) is 1.78. The predicted molar refractivity (Wildman–Crippen MR) is 58.8 cm³/mol. The minimum atomic E-state index is 0.745. The molecule has 2 N–H and O–H groups in total. The quantitative estimate of drug-likeness (QED) is 0.513. The molecule has 0 unspecified atom stereocenters. The van der Waals surface area contributed by atoms with Crippen LogP contribution in [0.15, 0.2) is 15.6 Å². The van der Waals surface area contributed by atoms with Crippen molar-refractivity contribution in [1.82, 2.24) is 0 Å². The van der Waals surface area contributed by atoms with E-state index in [0.717, 1.165) is 29.2 Å². The molecule has 3 heteroatoms. The first-order valence-corrected chi connectivity index (χ1v) is 4.69. The van der Waals surface area contributed by atoms with E-state index in [1.54, 1.807) is 7.05 Å². The van der Waals surface area contributed by atoms with Crippen molar-refractivity contribution in [1.29, 1.82) is 0 Å². The Morgan fingerprint density at radius 3 is 2.42 bits per heavy atom. The second-order valence-electron chi connectivity index (χ2n) is 2.81. The highest BCUT2D eigenvalue weighted by Gasteiger charge is 2.03. The standard InChI is InChI=1S/C9H18N2S/c1-4-5-6-8(11-3)9(12)7(2)10/h12H,4-6,10H2,1-3H3. The third-order valence-corrected chi connectivity index (χ3v) is 2.29. The maximum absolute atomic E-state index is 5.61. The first-order valence-electron chi connectivity index (χ1n) is 4.24. The van der Waals surface area contributed by atoms with E-state index in [9.17, 15) is 0 Å². The number of nitrogens with two attached hydrogens (primary N) is 1. The van der Waals surface area contributed by atoms with E-state index in [2.05, 4.69) is 24.5 Å². The molecule has 0 bridgehead atoms. The van der Waals surface area contributed by atoms with E-state index in [4.69, 9.17) is 5.73 Å². The molecule has 0 aliphatic carbocycles. The van der Waals surface area contributed by atoms with Crippen LogP contribution in [0.4, 0.5) is 0 Å². The lowest BCUT2D eigenvalue weighted by Gasteiger charge is -2.05. The average molecular weight is 186 g/mol. The Morgan fingerprint density at radius 2 is 2.08 bits per heavy atom. The highest BCUT2D eigenvalue weighted by atomic mass is 32.1. The average Bonchev–Trinajstić information content (AvgIpc) is 2.05. The van der Waals surface area contributed by atoms with Crippen LogP contribution in [0.1, 0.15) is 33.1 Å². The number of aliphatic imine (C=N–C) groups is 1. The zero-order valence-corrected chi connectivity index (χ0v) is 8.99. The summed E-state index contributed by atoms with van der Waals surface area (Å²) in [5, 5.41) is 0.